The number of halogens is 1. The first-order valence-corrected chi connectivity index (χ1v) is 6.89. The molecule has 5 heteroatoms. The van der Waals surface area contributed by atoms with Gasteiger partial charge in [0.25, 0.3) is 5.91 Å². The van der Waals surface area contributed by atoms with Crippen LogP contribution in [0.1, 0.15) is 28.9 Å². The summed E-state index contributed by atoms with van der Waals surface area (Å²) in [5, 5.41) is 10.1. The number of amides is 1. The molecule has 0 aromatic heterocycles. The summed E-state index contributed by atoms with van der Waals surface area (Å²) < 4.78 is 0. The van der Waals surface area contributed by atoms with Gasteiger partial charge in [0.2, 0.25) is 0 Å². The van der Waals surface area contributed by atoms with E-state index in [4.69, 9.17) is 17.3 Å². The van der Waals surface area contributed by atoms with Crippen molar-refractivity contribution in [3.8, 4) is 5.75 Å². The van der Waals surface area contributed by atoms with Crippen LogP contribution in [0.4, 0.5) is 5.69 Å². The van der Waals surface area contributed by atoms with E-state index in [-0.39, 0.29) is 23.3 Å². The fourth-order valence-corrected chi connectivity index (χ4v) is 2.28. The monoisotopic (exact) mass is 304 g/mol. The molecule has 2 rings (SSSR count). The number of nitrogens with zero attached hydrogens (tertiary/aromatic N) is 1. The van der Waals surface area contributed by atoms with Crippen molar-refractivity contribution < 1.29 is 9.90 Å². The molecule has 0 saturated carbocycles. The third kappa shape index (κ3) is 3.28. The van der Waals surface area contributed by atoms with E-state index in [1.54, 1.807) is 18.0 Å². The minimum Gasteiger partial charge on any atom is -0.508 e. The van der Waals surface area contributed by atoms with Crippen molar-refractivity contribution in [1.82, 2.24) is 4.90 Å². The molecule has 0 aliphatic rings. The largest absolute Gasteiger partial charge is 0.508 e. The highest BCUT2D eigenvalue weighted by molar-refractivity contribution is 6.30. The van der Waals surface area contributed by atoms with Gasteiger partial charge in [-0.25, -0.2) is 0 Å². The molecule has 0 aliphatic heterocycles. The number of nitrogen functional groups attached to an aromatic ring is 1. The third-order valence-corrected chi connectivity index (χ3v) is 3.73. The lowest BCUT2D eigenvalue weighted by molar-refractivity contribution is 0.0743. The molecule has 0 fully saturated rings. The summed E-state index contributed by atoms with van der Waals surface area (Å²) in [6, 6.07) is 11.5. The molecular weight excluding hydrogens is 288 g/mol. The number of phenolic OH excluding ortho intramolecular Hbond substituents is 1. The van der Waals surface area contributed by atoms with Gasteiger partial charge in [-0.1, -0.05) is 23.7 Å². The van der Waals surface area contributed by atoms with Gasteiger partial charge in [0.1, 0.15) is 5.75 Å². The summed E-state index contributed by atoms with van der Waals surface area (Å²) in [6.45, 7) is 1.91. The van der Waals surface area contributed by atoms with Gasteiger partial charge in [-0.05, 0) is 42.8 Å². The number of carbonyl (C=O) groups is 1. The van der Waals surface area contributed by atoms with E-state index in [0.29, 0.717) is 10.7 Å². The van der Waals surface area contributed by atoms with Gasteiger partial charge in [-0.15, -0.1) is 0 Å². The second-order valence-electron chi connectivity index (χ2n) is 4.92. The number of benzene rings is 2. The molecule has 0 radical (unpaired) electrons. The fourth-order valence-electron chi connectivity index (χ4n) is 2.09. The maximum absolute atomic E-state index is 12.5. The Kier molecular flexibility index (Phi) is 4.38. The van der Waals surface area contributed by atoms with Gasteiger partial charge >= 0.3 is 0 Å². The van der Waals surface area contributed by atoms with Gasteiger partial charge < -0.3 is 15.7 Å². The number of anilines is 1. The molecule has 0 bridgehead atoms. The Morgan fingerprint density at radius 1 is 1.29 bits per heavy atom. The summed E-state index contributed by atoms with van der Waals surface area (Å²) in [4.78, 5) is 14.1. The molecule has 3 N–H and O–H groups in total. The van der Waals surface area contributed by atoms with Crippen LogP contribution >= 0.6 is 11.6 Å². The average molecular weight is 305 g/mol. The van der Waals surface area contributed by atoms with Crippen molar-refractivity contribution in [3.05, 3.63) is 58.6 Å². The lowest BCUT2D eigenvalue weighted by Gasteiger charge is -2.26. The zero-order valence-corrected chi connectivity index (χ0v) is 12.6. The SMILES string of the molecule is CC(c1cccc(Cl)c1)N(C)C(=O)c1cc(O)ccc1N. The van der Waals surface area contributed by atoms with Crippen LogP contribution in [0.3, 0.4) is 0 Å². The lowest BCUT2D eigenvalue weighted by Crippen LogP contribution is -2.30. The van der Waals surface area contributed by atoms with Crippen LogP contribution in [0.5, 0.6) is 5.75 Å². The van der Waals surface area contributed by atoms with Crippen molar-refractivity contribution in [2.24, 2.45) is 0 Å². The maximum Gasteiger partial charge on any atom is 0.256 e. The number of hydrogen-bond acceptors (Lipinski definition) is 3. The molecule has 4 nitrogen and oxygen atoms in total. The van der Waals surface area contributed by atoms with Crippen LogP contribution in [0, 0.1) is 0 Å². The third-order valence-electron chi connectivity index (χ3n) is 3.50. The summed E-state index contributed by atoms with van der Waals surface area (Å²) >= 11 is 5.98. The van der Waals surface area contributed by atoms with E-state index in [9.17, 15) is 9.90 Å². The Bertz CT molecular complexity index is 673. The zero-order valence-electron chi connectivity index (χ0n) is 11.9. The highest BCUT2D eigenvalue weighted by atomic mass is 35.5. The first-order chi connectivity index (χ1) is 9.90. The minimum atomic E-state index is -0.254. The Hall–Kier alpha value is -2.20. The predicted molar refractivity (Wildman–Crippen MR) is 84.5 cm³/mol. The van der Waals surface area contributed by atoms with Crippen molar-refractivity contribution >= 4 is 23.2 Å². The number of phenols is 1. The number of hydrogen-bond donors (Lipinski definition) is 2. The normalized spacial score (nSPS) is 12.0. The summed E-state index contributed by atoms with van der Waals surface area (Å²) in [7, 11) is 1.69. The van der Waals surface area contributed by atoms with Crippen molar-refractivity contribution in [2.45, 2.75) is 13.0 Å². The van der Waals surface area contributed by atoms with Crippen molar-refractivity contribution in [1.29, 1.82) is 0 Å². The first kappa shape index (κ1) is 15.2. The summed E-state index contributed by atoms with van der Waals surface area (Å²) in [5.41, 5.74) is 7.36. The number of rotatable bonds is 3. The number of aromatic hydroxyl groups is 1. The van der Waals surface area contributed by atoms with E-state index in [0.717, 1.165) is 5.56 Å². The molecule has 1 amide bonds. The molecule has 110 valence electrons. The van der Waals surface area contributed by atoms with Gasteiger partial charge in [-0.2, -0.15) is 0 Å². The van der Waals surface area contributed by atoms with E-state index >= 15 is 0 Å². The Morgan fingerprint density at radius 2 is 2.00 bits per heavy atom. The second-order valence-corrected chi connectivity index (χ2v) is 5.36. The quantitative estimate of drug-likeness (QED) is 0.674. The maximum atomic E-state index is 12.5. The van der Waals surface area contributed by atoms with Crippen LogP contribution in [0.25, 0.3) is 0 Å². The Labute approximate surface area is 128 Å². The highest BCUT2D eigenvalue weighted by Crippen LogP contribution is 2.26. The predicted octanol–water partition coefficient (Wildman–Crippen LogP) is 3.46. The van der Waals surface area contributed by atoms with Crippen molar-refractivity contribution in [3.63, 3.8) is 0 Å². The second kappa shape index (κ2) is 6.06. The molecule has 21 heavy (non-hydrogen) atoms. The van der Waals surface area contributed by atoms with Gasteiger partial charge in [0.15, 0.2) is 0 Å². The molecule has 0 saturated heterocycles. The van der Waals surface area contributed by atoms with Gasteiger partial charge in [-0.3, -0.25) is 4.79 Å². The van der Waals surface area contributed by atoms with E-state index < -0.39 is 0 Å². The van der Waals surface area contributed by atoms with Crippen LogP contribution in [0.15, 0.2) is 42.5 Å². The molecule has 2 aromatic carbocycles. The van der Waals surface area contributed by atoms with Crippen LogP contribution < -0.4 is 5.73 Å². The topological polar surface area (TPSA) is 66.6 Å². The zero-order chi connectivity index (χ0) is 15.6. The molecule has 2 aromatic rings. The van der Waals surface area contributed by atoms with Gasteiger partial charge in [0.05, 0.1) is 11.6 Å². The molecule has 0 spiro atoms. The van der Waals surface area contributed by atoms with E-state index in [2.05, 4.69) is 0 Å². The molecular formula is C16H17ClN2O2. The number of nitrogens with two attached hydrogens (primary N) is 1. The standard InChI is InChI=1S/C16H17ClN2O2/c1-10(11-4-3-5-12(17)8-11)19(2)16(21)14-9-13(20)6-7-15(14)18/h3-10,20H,18H2,1-2H3. The first-order valence-electron chi connectivity index (χ1n) is 6.51. The lowest BCUT2D eigenvalue weighted by atomic mass is 10.1. The molecule has 1 atom stereocenters. The van der Waals surface area contributed by atoms with E-state index in [1.807, 2.05) is 25.1 Å². The molecule has 0 heterocycles. The summed E-state index contributed by atoms with van der Waals surface area (Å²) in [6.07, 6.45) is 0. The van der Waals surface area contributed by atoms with Crippen LogP contribution in [-0.2, 0) is 0 Å². The van der Waals surface area contributed by atoms with Crippen molar-refractivity contribution in [2.75, 3.05) is 12.8 Å². The van der Waals surface area contributed by atoms with Crippen LogP contribution in [-0.4, -0.2) is 23.0 Å². The molecule has 1 unspecified atom stereocenters. The average Bonchev–Trinajstić information content (AvgIpc) is 2.47. The Morgan fingerprint density at radius 3 is 2.67 bits per heavy atom. The van der Waals surface area contributed by atoms with Crippen LogP contribution in [0.2, 0.25) is 5.02 Å². The minimum absolute atomic E-state index is 0.0105. The van der Waals surface area contributed by atoms with E-state index in [1.165, 1.54) is 18.2 Å². The highest BCUT2D eigenvalue weighted by Gasteiger charge is 2.21. The Balaban J connectivity index is 2.28. The fraction of sp³-hybridized carbons (Fsp3) is 0.188. The summed E-state index contributed by atoms with van der Waals surface area (Å²) in [5.74, 6) is -0.243. The number of carbonyl (C=O) groups excluding carboxylic acids is 1. The van der Waals surface area contributed by atoms with Gasteiger partial charge in [0, 0.05) is 17.8 Å². The smallest absolute Gasteiger partial charge is 0.256 e. The molecule has 0 aliphatic carbocycles.